The summed E-state index contributed by atoms with van der Waals surface area (Å²) >= 11 is 1.84. The van der Waals surface area contributed by atoms with Crippen molar-refractivity contribution in [3.63, 3.8) is 0 Å². The molecule has 11 aromatic rings. The van der Waals surface area contributed by atoms with Crippen LogP contribution in [-0.4, -0.2) is 0 Å². The summed E-state index contributed by atoms with van der Waals surface area (Å²) in [7, 11) is 0. The van der Waals surface area contributed by atoms with Crippen molar-refractivity contribution in [2.75, 3.05) is 4.90 Å². The van der Waals surface area contributed by atoms with Crippen molar-refractivity contribution >= 4 is 81.6 Å². The lowest BCUT2D eigenvalue weighted by Crippen LogP contribution is -2.09. The van der Waals surface area contributed by atoms with E-state index < -0.39 is 0 Å². The fraction of sp³-hybridized carbons (Fsp3) is 0. The Morgan fingerprint density at radius 1 is 0.268 bits per heavy atom. The van der Waals surface area contributed by atoms with Gasteiger partial charge < -0.3 is 4.90 Å². The fourth-order valence-corrected chi connectivity index (χ4v) is 9.48. The predicted octanol–water partition coefficient (Wildman–Crippen LogP) is 16.0. The zero-order valence-electron chi connectivity index (χ0n) is 30.6. The van der Waals surface area contributed by atoms with Gasteiger partial charge in [0.25, 0.3) is 0 Å². The summed E-state index contributed by atoms with van der Waals surface area (Å²) in [6.07, 6.45) is 0. The third kappa shape index (κ3) is 5.62. The molecule has 0 atom stereocenters. The van der Waals surface area contributed by atoms with Crippen LogP contribution in [0.2, 0.25) is 0 Å². The molecule has 262 valence electrons. The van der Waals surface area contributed by atoms with Crippen LogP contribution in [0.1, 0.15) is 0 Å². The maximum Gasteiger partial charge on any atom is 0.0462 e. The van der Waals surface area contributed by atoms with Crippen molar-refractivity contribution < 1.29 is 0 Å². The molecule has 0 unspecified atom stereocenters. The van der Waals surface area contributed by atoms with E-state index in [0.717, 1.165) is 17.1 Å². The summed E-state index contributed by atoms with van der Waals surface area (Å²) < 4.78 is 1.31. The average molecular weight is 730 g/mol. The summed E-state index contributed by atoms with van der Waals surface area (Å²) in [5.41, 5.74) is 9.39. The van der Waals surface area contributed by atoms with Gasteiger partial charge in [0, 0.05) is 26.6 Å². The van der Waals surface area contributed by atoms with Crippen molar-refractivity contribution in [2.24, 2.45) is 0 Å². The van der Waals surface area contributed by atoms with Gasteiger partial charge in [-0.1, -0.05) is 152 Å². The van der Waals surface area contributed by atoms with E-state index in [-0.39, 0.29) is 0 Å². The van der Waals surface area contributed by atoms with E-state index in [1.807, 2.05) is 11.3 Å². The molecular weight excluding hydrogens is 695 g/mol. The molecule has 1 aromatic heterocycles. The molecule has 56 heavy (non-hydrogen) atoms. The molecule has 0 bridgehead atoms. The monoisotopic (exact) mass is 729 g/mol. The van der Waals surface area contributed by atoms with Crippen LogP contribution in [0.3, 0.4) is 0 Å². The van der Waals surface area contributed by atoms with Crippen molar-refractivity contribution in [2.45, 2.75) is 0 Å². The van der Waals surface area contributed by atoms with Crippen LogP contribution < -0.4 is 4.90 Å². The number of hydrogen-bond acceptors (Lipinski definition) is 2. The van der Waals surface area contributed by atoms with E-state index in [0.29, 0.717) is 0 Å². The summed E-state index contributed by atoms with van der Waals surface area (Å²) in [6.45, 7) is 0. The molecule has 1 heterocycles. The van der Waals surface area contributed by atoms with Crippen LogP contribution in [0, 0.1) is 0 Å². The Kier molecular flexibility index (Phi) is 7.75. The summed E-state index contributed by atoms with van der Waals surface area (Å²) in [5.74, 6) is 0. The Bertz CT molecular complexity index is 3160. The van der Waals surface area contributed by atoms with Gasteiger partial charge in [0.15, 0.2) is 0 Å². The summed E-state index contributed by atoms with van der Waals surface area (Å²) in [4.78, 5) is 3.65. The molecule has 0 aliphatic carbocycles. The molecular formula is C54H35NS. The van der Waals surface area contributed by atoms with Gasteiger partial charge in [0.2, 0.25) is 0 Å². The molecule has 1 nitrogen and oxygen atoms in total. The van der Waals surface area contributed by atoms with Crippen LogP contribution in [0.4, 0.5) is 17.1 Å². The quantitative estimate of drug-likeness (QED) is 0.154. The molecule has 0 aliphatic rings. The van der Waals surface area contributed by atoms with Gasteiger partial charge in [-0.3, -0.25) is 0 Å². The first-order valence-electron chi connectivity index (χ1n) is 19.2. The van der Waals surface area contributed by atoms with Crippen LogP contribution in [0.25, 0.3) is 85.9 Å². The highest BCUT2D eigenvalue weighted by Gasteiger charge is 2.15. The van der Waals surface area contributed by atoms with Crippen LogP contribution in [-0.2, 0) is 0 Å². The Balaban J connectivity index is 0.983. The highest BCUT2D eigenvalue weighted by Crippen LogP contribution is 2.41. The first kappa shape index (κ1) is 32.4. The van der Waals surface area contributed by atoms with Crippen molar-refractivity contribution in [3.05, 3.63) is 212 Å². The third-order valence-corrected chi connectivity index (χ3v) is 12.4. The number of anilines is 3. The molecule has 0 amide bonds. The number of thiophene rings is 1. The van der Waals surface area contributed by atoms with Crippen LogP contribution in [0.5, 0.6) is 0 Å². The lowest BCUT2D eigenvalue weighted by Gasteiger charge is -2.26. The number of hydrogen-bond donors (Lipinski definition) is 0. The van der Waals surface area contributed by atoms with Gasteiger partial charge in [-0.25, -0.2) is 0 Å². The fourth-order valence-electron chi connectivity index (χ4n) is 8.41. The molecule has 0 spiro atoms. The SMILES string of the molecule is c1ccc2cc(-c3ccc(N(c4ccc(-c5ccc6c7ccccc7c7ccccc7c6c5)cc4)c4ccc(-c5cc6ccccc6s5)cc4)cc3)ccc2c1. The number of fused-ring (bicyclic) bond motifs is 8. The van der Waals surface area contributed by atoms with Gasteiger partial charge >= 0.3 is 0 Å². The minimum Gasteiger partial charge on any atom is -0.311 e. The zero-order chi connectivity index (χ0) is 37.0. The molecule has 0 aliphatic heterocycles. The minimum absolute atomic E-state index is 1.11. The Labute approximate surface area is 330 Å². The highest BCUT2D eigenvalue weighted by atomic mass is 32.1. The van der Waals surface area contributed by atoms with Crippen molar-refractivity contribution in [1.82, 2.24) is 0 Å². The van der Waals surface area contributed by atoms with E-state index in [4.69, 9.17) is 0 Å². The van der Waals surface area contributed by atoms with Gasteiger partial charge in [-0.05, 0) is 137 Å². The second-order valence-electron chi connectivity index (χ2n) is 14.5. The largest absolute Gasteiger partial charge is 0.311 e. The summed E-state index contributed by atoms with van der Waals surface area (Å²) in [6, 6.07) is 77.8. The first-order valence-corrected chi connectivity index (χ1v) is 20.0. The Morgan fingerprint density at radius 2 is 0.696 bits per heavy atom. The second kappa shape index (κ2) is 13.4. The van der Waals surface area contributed by atoms with E-state index in [9.17, 15) is 0 Å². The second-order valence-corrected chi connectivity index (χ2v) is 15.6. The number of nitrogens with zero attached hydrogens (tertiary/aromatic N) is 1. The topological polar surface area (TPSA) is 3.24 Å². The first-order chi connectivity index (χ1) is 27.7. The maximum absolute atomic E-state index is 2.37. The Morgan fingerprint density at radius 3 is 1.29 bits per heavy atom. The smallest absolute Gasteiger partial charge is 0.0462 e. The molecule has 0 saturated heterocycles. The molecule has 0 fully saturated rings. The predicted molar refractivity (Wildman–Crippen MR) is 243 cm³/mol. The van der Waals surface area contributed by atoms with Crippen molar-refractivity contribution in [1.29, 1.82) is 0 Å². The molecule has 0 N–H and O–H groups in total. The number of benzene rings is 10. The molecule has 2 heteroatoms. The van der Waals surface area contributed by atoms with Crippen molar-refractivity contribution in [3.8, 4) is 32.7 Å². The minimum atomic E-state index is 1.11. The van der Waals surface area contributed by atoms with E-state index >= 15 is 0 Å². The molecule has 10 aromatic carbocycles. The van der Waals surface area contributed by atoms with Gasteiger partial charge in [0.05, 0.1) is 0 Å². The van der Waals surface area contributed by atoms with Crippen LogP contribution >= 0.6 is 11.3 Å². The number of rotatable bonds is 6. The zero-order valence-corrected chi connectivity index (χ0v) is 31.4. The van der Waals surface area contributed by atoms with Gasteiger partial charge in [0.1, 0.15) is 0 Å². The molecule has 0 radical (unpaired) electrons. The summed E-state index contributed by atoms with van der Waals surface area (Å²) in [5, 5.41) is 11.6. The lowest BCUT2D eigenvalue weighted by atomic mass is 9.92. The maximum atomic E-state index is 2.37. The van der Waals surface area contributed by atoms with Gasteiger partial charge in [-0.15, -0.1) is 11.3 Å². The lowest BCUT2D eigenvalue weighted by molar-refractivity contribution is 1.28. The normalized spacial score (nSPS) is 11.6. The van der Waals surface area contributed by atoms with E-state index in [1.165, 1.54) is 85.9 Å². The van der Waals surface area contributed by atoms with Gasteiger partial charge in [-0.2, -0.15) is 0 Å². The van der Waals surface area contributed by atoms with Crippen LogP contribution in [0.15, 0.2) is 212 Å². The van der Waals surface area contributed by atoms with E-state index in [2.05, 4.69) is 217 Å². The highest BCUT2D eigenvalue weighted by molar-refractivity contribution is 7.22. The third-order valence-electron chi connectivity index (χ3n) is 11.2. The molecule has 0 saturated carbocycles. The standard InChI is InChI=1S/C54H35NS/c1-2-10-40-33-41(18-17-36(40)9-1)37-19-26-44(27-20-37)55(46-30-23-39(24-31-46)54-35-43-11-3-8-16-53(43)56-54)45-28-21-38(22-29-45)42-25-32-51-49-14-5-4-12-47(49)48-13-6-7-15-50(48)52(51)34-42/h1-35H. The van der Waals surface area contributed by atoms with E-state index in [1.54, 1.807) is 0 Å². The Hall–Kier alpha value is -7.00. The average Bonchev–Trinajstić information content (AvgIpc) is 3.72. The molecule has 11 rings (SSSR count).